The Morgan fingerprint density at radius 1 is 1.29 bits per heavy atom. The maximum atomic E-state index is 5.11. The number of oxazole rings is 1. The van der Waals surface area contributed by atoms with Gasteiger partial charge in [0.15, 0.2) is 5.89 Å². The van der Waals surface area contributed by atoms with Crippen LogP contribution < -0.4 is 0 Å². The van der Waals surface area contributed by atoms with Crippen LogP contribution >= 0.6 is 0 Å². The Kier molecular flexibility index (Phi) is 11.5. The van der Waals surface area contributed by atoms with Gasteiger partial charge >= 0.3 is 0 Å². The fourth-order valence-electron chi connectivity index (χ4n) is 0.637. The molecule has 0 unspecified atom stereocenters. The molecule has 84 valence electrons. The van der Waals surface area contributed by atoms with Crippen LogP contribution in [0.1, 0.15) is 65.5 Å². The number of hydrogen-bond donors (Lipinski definition) is 0. The van der Waals surface area contributed by atoms with Crippen molar-refractivity contribution in [3.05, 3.63) is 17.8 Å². The first-order valence-corrected chi connectivity index (χ1v) is 5.53. The van der Waals surface area contributed by atoms with Gasteiger partial charge in [0.2, 0.25) is 0 Å². The van der Waals surface area contributed by atoms with E-state index in [1.54, 1.807) is 6.26 Å². The molecule has 0 N–H and O–H groups in total. The largest absolute Gasteiger partial charge is 0.448 e. The van der Waals surface area contributed by atoms with E-state index >= 15 is 0 Å². The summed E-state index contributed by atoms with van der Waals surface area (Å²) in [6, 6.07) is 0. The highest BCUT2D eigenvalue weighted by molar-refractivity contribution is 4.95. The Morgan fingerprint density at radius 2 is 1.71 bits per heavy atom. The number of aryl methyl sites for hydroxylation is 1. The molecule has 0 amide bonds. The second-order valence-corrected chi connectivity index (χ2v) is 3.19. The average molecular weight is 199 g/mol. The van der Waals surface area contributed by atoms with Crippen molar-refractivity contribution in [2.24, 2.45) is 0 Å². The summed E-state index contributed by atoms with van der Waals surface area (Å²) < 4.78 is 5.11. The van der Waals surface area contributed by atoms with E-state index in [0.29, 0.717) is 5.92 Å². The predicted octanol–water partition coefficient (Wildman–Crippen LogP) is 4.55. The monoisotopic (exact) mass is 199 g/mol. The molecule has 0 saturated heterocycles. The van der Waals surface area contributed by atoms with Crippen molar-refractivity contribution in [2.45, 2.75) is 60.8 Å². The zero-order valence-electron chi connectivity index (χ0n) is 10.7. The molecular weight excluding hydrogens is 174 g/mol. The van der Waals surface area contributed by atoms with Gasteiger partial charge in [-0.1, -0.05) is 48.0 Å². The van der Waals surface area contributed by atoms with Crippen molar-refractivity contribution >= 4 is 0 Å². The molecule has 0 saturated carbocycles. The second-order valence-electron chi connectivity index (χ2n) is 3.19. The second kappa shape index (κ2) is 10.3. The molecule has 0 fully saturated rings. The molecule has 0 aliphatic rings. The van der Waals surface area contributed by atoms with Gasteiger partial charge in [-0.2, -0.15) is 0 Å². The van der Waals surface area contributed by atoms with Crippen LogP contribution in [-0.4, -0.2) is 4.98 Å². The molecule has 0 radical (unpaired) electrons. The Labute approximate surface area is 88.7 Å². The summed E-state index contributed by atoms with van der Waals surface area (Å²) in [5.41, 5.74) is 0.957. The minimum atomic E-state index is 0.402. The molecule has 1 heterocycles. The fraction of sp³-hybridized carbons (Fsp3) is 0.750. The third kappa shape index (κ3) is 7.84. The summed E-state index contributed by atoms with van der Waals surface area (Å²) in [4.78, 5) is 4.14. The van der Waals surface area contributed by atoms with Gasteiger partial charge in [0.05, 0.1) is 5.69 Å². The van der Waals surface area contributed by atoms with E-state index in [4.69, 9.17) is 4.42 Å². The topological polar surface area (TPSA) is 26.0 Å². The first-order valence-electron chi connectivity index (χ1n) is 5.53. The van der Waals surface area contributed by atoms with Gasteiger partial charge < -0.3 is 4.42 Å². The zero-order valence-corrected chi connectivity index (χ0v) is 10.7. The van der Waals surface area contributed by atoms with Crippen molar-refractivity contribution < 1.29 is 4.42 Å². The lowest BCUT2D eigenvalue weighted by Gasteiger charge is -1.93. The quantitative estimate of drug-likeness (QED) is 0.663. The van der Waals surface area contributed by atoms with Gasteiger partial charge in [-0.3, -0.25) is 0 Å². The summed E-state index contributed by atoms with van der Waals surface area (Å²) in [5, 5.41) is 0. The van der Waals surface area contributed by atoms with E-state index in [1.807, 2.05) is 20.8 Å². The molecule has 1 rings (SSSR count). The first kappa shape index (κ1) is 15.7. The molecule has 1 aromatic rings. The van der Waals surface area contributed by atoms with Crippen LogP contribution in [0.3, 0.4) is 0 Å². The maximum absolute atomic E-state index is 5.11. The van der Waals surface area contributed by atoms with E-state index in [1.165, 1.54) is 6.42 Å². The molecule has 0 bridgehead atoms. The molecule has 2 nitrogen and oxygen atoms in total. The van der Waals surface area contributed by atoms with Crippen molar-refractivity contribution in [1.82, 2.24) is 4.98 Å². The van der Waals surface area contributed by atoms with Crippen molar-refractivity contribution in [2.75, 3.05) is 0 Å². The lowest BCUT2D eigenvalue weighted by Crippen LogP contribution is -1.85. The summed E-state index contributed by atoms with van der Waals surface area (Å²) in [6.45, 7) is 14.3. The zero-order chi connectivity index (χ0) is 11.6. The van der Waals surface area contributed by atoms with Gasteiger partial charge in [-0.25, -0.2) is 4.98 Å². The molecule has 0 aromatic carbocycles. The van der Waals surface area contributed by atoms with Crippen LogP contribution in [0.15, 0.2) is 10.7 Å². The molecular formula is C12H25NO. The van der Waals surface area contributed by atoms with Crippen molar-refractivity contribution in [3.63, 3.8) is 0 Å². The minimum absolute atomic E-state index is 0.402. The molecule has 0 aliphatic heterocycles. The Bertz CT molecular complexity index is 204. The third-order valence-electron chi connectivity index (χ3n) is 1.13. The third-order valence-corrected chi connectivity index (χ3v) is 1.13. The molecule has 1 aromatic heterocycles. The highest BCUT2D eigenvalue weighted by Gasteiger charge is 2.03. The van der Waals surface area contributed by atoms with Crippen molar-refractivity contribution in [1.29, 1.82) is 0 Å². The molecule has 0 spiro atoms. The number of hydrogen-bond acceptors (Lipinski definition) is 2. The summed E-state index contributed by atoms with van der Waals surface area (Å²) in [6.07, 6.45) is 2.93. The molecule has 0 aliphatic carbocycles. The lowest BCUT2D eigenvalue weighted by molar-refractivity contribution is 0.471. The first-order chi connectivity index (χ1) is 6.61. The maximum Gasteiger partial charge on any atom is 0.196 e. The lowest BCUT2D eigenvalue weighted by atomic mass is 10.2. The minimum Gasteiger partial charge on any atom is -0.448 e. The van der Waals surface area contributed by atoms with Gasteiger partial charge in [0.1, 0.15) is 6.26 Å². The molecule has 2 heteroatoms. The van der Waals surface area contributed by atoms with Gasteiger partial charge in [-0.15, -0.1) is 0 Å². The van der Waals surface area contributed by atoms with Crippen LogP contribution in [0.2, 0.25) is 0 Å². The average Bonchev–Trinajstić information content (AvgIpc) is 2.57. The van der Waals surface area contributed by atoms with Crippen LogP contribution in [0.4, 0.5) is 0 Å². The SMILES string of the molecule is CC.CCC.Cc1coc(C(C)C)n1. The van der Waals surface area contributed by atoms with Gasteiger partial charge in [0.25, 0.3) is 0 Å². The molecule has 14 heavy (non-hydrogen) atoms. The van der Waals surface area contributed by atoms with Crippen LogP contribution in [0, 0.1) is 6.92 Å². The number of aromatic nitrogens is 1. The van der Waals surface area contributed by atoms with E-state index in [9.17, 15) is 0 Å². The number of rotatable bonds is 1. The van der Waals surface area contributed by atoms with Crippen LogP contribution in [0.5, 0.6) is 0 Å². The van der Waals surface area contributed by atoms with Gasteiger partial charge in [0, 0.05) is 5.92 Å². The standard InChI is InChI=1S/C7H11NO.C3H8.C2H6/c1-5(2)7-8-6(3)4-9-7;1-3-2;1-2/h4-5H,1-3H3;3H2,1-2H3;1-2H3. The summed E-state index contributed by atoms with van der Waals surface area (Å²) in [5.74, 6) is 1.23. The van der Waals surface area contributed by atoms with Crippen LogP contribution in [0.25, 0.3) is 0 Å². The number of nitrogens with zero attached hydrogens (tertiary/aromatic N) is 1. The van der Waals surface area contributed by atoms with E-state index in [-0.39, 0.29) is 0 Å². The predicted molar refractivity (Wildman–Crippen MR) is 62.6 cm³/mol. The normalized spacial score (nSPS) is 8.57. The Balaban J connectivity index is 0. The summed E-state index contributed by atoms with van der Waals surface area (Å²) in [7, 11) is 0. The Hall–Kier alpha value is -0.790. The van der Waals surface area contributed by atoms with E-state index in [0.717, 1.165) is 11.6 Å². The van der Waals surface area contributed by atoms with Crippen molar-refractivity contribution in [3.8, 4) is 0 Å². The van der Waals surface area contributed by atoms with Gasteiger partial charge in [-0.05, 0) is 6.92 Å². The highest BCUT2D eigenvalue weighted by atomic mass is 16.3. The van der Waals surface area contributed by atoms with E-state index < -0.39 is 0 Å². The van der Waals surface area contributed by atoms with Crippen LogP contribution in [-0.2, 0) is 0 Å². The fourth-order valence-corrected chi connectivity index (χ4v) is 0.637. The van der Waals surface area contributed by atoms with E-state index in [2.05, 4.69) is 32.7 Å². The smallest absolute Gasteiger partial charge is 0.196 e. The Morgan fingerprint density at radius 3 is 1.86 bits per heavy atom. The molecule has 0 atom stereocenters. The summed E-state index contributed by atoms with van der Waals surface area (Å²) >= 11 is 0. The highest BCUT2D eigenvalue weighted by Crippen LogP contribution is 2.11.